The van der Waals surface area contributed by atoms with Gasteiger partial charge in [0.25, 0.3) is 0 Å². The molecule has 0 atom stereocenters. The van der Waals surface area contributed by atoms with Crippen molar-refractivity contribution >= 4 is 22.6 Å². The topological polar surface area (TPSA) is 46.9 Å². The van der Waals surface area contributed by atoms with Crippen LogP contribution in [0.1, 0.15) is 11.1 Å². The third-order valence-electron chi connectivity index (χ3n) is 3.43. The Balaban J connectivity index is 1.91. The number of carbonyl (C=O) groups is 1. The molecule has 0 unspecified atom stereocenters. The van der Waals surface area contributed by atoms with Crippen molar-refractivity contribution in [3.05, 3.63) is 59.8 Å². The van der Waals surface area contributed by atoms with Gasteiger partial charge < -0.3 is 5.32 Å². The lowest BCUT2D eigenvalue weighted by atomic mass is 10.1. The maximum atomic E-state index is 12.3. The molecule has 0 saturated heterocycles. The van der Waals surface area contributed by atoms with Crippen LogP contribution in [0, 0.1) is 13.8 Å². The average molecular weight is 265 g/mol. The van der Waals surface area contributed by atoms with Gasteiger partial charge in [-0.1, -0.05) is 24.3 Å². The number of carbonyl (C=O) groups excluding carboxylic acids is 1. The summed E-state index contributed by atoms with van der Waals surface area (Å²) < 4.78 is 1.38. The Morgan fingerprint density at radius 1 is 1.10 bits per heavy atom. The molecular formula is C16H15N3O. The molecule has 4 heteroatoms. The molecule has 0 radical (unpaired) electrons. The number of anilines is 1. The normalized spacial score (nSPS) is 10.7. The van der Waals surface area contributed by atoms with E-state index in [2.05, 4.69) is 10.4 Å². The fraction of sp³-hybridized carbons (Fsp3) is 0.125. The minimum Gasteiger partial charge on any atom is -0.306 e. The van der Waals surface area contributed by atoms with Crippen LogP contribution in [0.15, 0.2) is 48.7 Å². The van der Waals surface area contributed by atoms with Crippen molar-refractivity contribution in [3.63, 3.8) is 0 Å². The first-order valence-electron chi connectivity index (χ1n) is 6.46. The van der Waals surface area contributed by atoms with Crippen LogP contribution >= 0.6 is 0 Å². The molecule has 1 N–H and O–H groups in total. The van der Waals surface area contributed by atoms with Crippen molar-refractivity contribution in [2.24, 2.45) is 0 Å². The molecule has 1 heterocycles. The van der Waals surface area contributed by atoms with Crippen LogP contribution in [0.3, 0.4) is 0 Å². The summed E-state index contributed by atoms with van der Waals surface area (Å²) in [6.45, 7) is 4.07. The van der Waals surface area contributed by atoms with Gasteiger partial charge in [-0.15, -0.1) is 0 Å². The van der Waals surface area contributed by atoms with Crippen LogP contribution in [0.2, 0.25) is 0 Å². The maximum Gasteiger partial charge on any atom is 0.347 e. The van der Waals surface area contributed by atoms with Crippen molar-refractivity contribution in [1.82, 2.24) is 9.78 Å². The number of aromatic nitrogens is 2. The molecule has 4 nitrogen and oxygen atoms in total. The first-order valence-corrected chi connectivity index (χ1v) is 6.46. The lowest BCUT2D eigenvalue weighted by Crippen LogP contribution is -2.20. The van der Waals surface area contributed by atoms with Crippen LogP contribution in [0.4, 0.5) is 10.5 Å². The van der Waals surface area contributed by atoms with Gasteiger partial charge in [0.1, 0.15) is 0 Å². The zero-order valence-corrected chi connectivity index (χ0v) is 11.4. The number of para-hydroxylation sites is 1. The molecule has 0 fully saturated rings. The third-order valence-corrected chi connectivity index (χ3v) is 3.43. The quantitative estimate of drug-likeness (QED) is 0.728. The number of rotatable bonds is 1. The molecular weight excluding hydrogens is 250 g/mol. The molecule has 20 heavy (non-hydrogen) atoms. The van der Waals surface area contributed by atoms with E-state index in [1.165, 1.54) is 10.2 Å². The van der Waals surface area contributed by atoms with Gasteiger partial charge in [0.2, 0.25) is 0 Å². The van der Waals surface area contributed by atoms with E-state index in [1.807, 2.05) is 56.3 Å². The van der Waals surface area contributed by atoms with Crippen molar-refractivity contribution in [2.45, 2.75) is 13.8 Å². The summed E-state index contributed by atoms with van der Waals surface area (Å²) in [5.41, 5.74) is 3.92. The SMILES string of the molecule is Cc1ccc(NC(=O)n2ncc3ccccc32)cc1C. The second-order valence-electron chi connectivity index (χ2n) is 4.84. The number of amides is 1. The fourth-order valence-electron chi connectivity index (χ4n) is 2.13. The summed E-state index contributed by atoms with van der Waals surface area (Å²) in [6, 6.07) is 13.2. The van der Waals surface area contributed by atoms with E-state index in [0.29, 0.717) is 0 Å². The molecule has 0 aliphatic carbocycles. The van der Waals surface area contributed by atoms with E-state index >= 15 is 0 Å². The van der Waals surface area contributed by atoms with Crippen molar-refractivity contribution in [3.8, 4) is 0 Å². The van der Waals surface area contributed by atoms with Gasteiger partial charge in [0.15, 0.2) is 0 Å². The summed E-state index contributed by atoms with van der Waals surface area (Å²) in [7, 11) is 0. The number of hydrogen-bond acceptors (Lipinski definition) is 2. The van der Waals surface area contributed by atoms with E-state index in [9.17, 15) is 4.79 Å². The monoisotopic (exact) mass is 265 g/mol. The van der Waals surface area contributed by atoms with Gasteiger partial charge in [0.05, 0.1) is 11.7 Å². The van der Waals surface area contributed by atoms with E-state index < -0.39 is 0 Å². The minimum atomic E-state index is -0.255. The maximum absolute atomic E-state index is 12.3. The van der Waals surface area contributed by atoms with Crippen LogP contribution < -0.4 is 5.32 Å². The lowest BCUT2D eigenvalue weighted by Gasteiger charge is -2.08. The second-order valence-corrected chi connectivity index (χ2v) is 4.84. The van der Waals surface area contributed by atoms with Gasteiger partial charge in [-0.2, -0.15) is 9.78 Å². The fourth-order valence-corrected chi connectivity index (χ4v) is 2.13. The predicted molar refractivity (Wildman–Crippen MR) is 80.1 cm³/mol. The third kappa shape index (κ3) is 2.16. The zero-order valence-electron chi connectivity index (χ0n) is 11.4. The zero-order chi connectivity index (χ0) is 14.1. The summed E-state index contributed by atoms with van der Waals surface area (Å²) in [5, 5.41) is 7.95. The van der Waals surface area contributed by atoms with Gasteiger partial charge in [-0.3, -0.25) is 0 Å². The molecule has 3 rings (SSSR count). The Bertz CT molecular complexity index is 789. The van der Waals surface area contributed by atoms with Crippen molar-refractivity contribution < 1.29 is 4.79 Å². The van der Waals surface area contributed by atoms with Gasteiger partial charge in [-0.05, 0) is 43.2 Å². The highest BCUT2D eigenvalue weighted by atomic mass is 16.2. The molecule has 0 saturated carbocycles. The van der Waals surface area contributed by atoms with E-state index in [4.69, 9.17) is 0 Å². The standard InChI is InChI=1S/C16H15N3O/c1-11-7-8-14(9-12(11)2)18-16(20)19-15-6-4-3-5-13(15)10-17-19/h3-10H,1-2H3,(H,18,20). The van der Waals surface area contributed by atoms with Crippen LogP contribution in [0.25, 0.3) is 10.9 Å². The largest absolute Gasteiger partial charge is 0.347 e. The van der Waals surface area contributed by atoms with E-state index in [-0.39, 0.29) is 6.03 Å². The molecule has 0 aliphatic heterocycles. The molecule has 100 valence electrons. The second kappa shape index (κ2) is 4.81. The Kier molecular flexibility index (Phi) is 2.99. The lowest BCUT2D eigenvalue weighted by molar-refractivity contribution is 0.252. The molecule has 3 aromatic rings. The molecule has 2 aromatic carbocycles. The minimum absolute atomic E-state index is 0.255. The molecule has 1 amide bonds. The highest BCUT2D eigenvalue weighted by Crippen LogP contribution is 2.16. The van der Waals surface area contributed by atoms with E-state index in [0.717, 1.165) is 22.2 Å². The van der Waals surface area contributed by atoms with Gasteiger partial charge in [0, 0.05) is 11.1 Å². The van der Waals surface area contributed by atoms with Crippen LogP contribution in [0.5, 0.6) is 0 Å². The molecule has 0 bridgehead atoms. The summed E-state index contributed by atoms with van der Waals surface area (Å²) in [4.78, 5) is 12.3. The highest BCUT2D eigenvalue weighted by Gasteiger charge is 2.10. The Morgan fingerprint density at radius 3 is 2.70 bits per heavy atom. The number of benzene rings is 2. The molecule has 1 aromatic heterocycles. The van der Waals surface area contributed by atoms with Crippen molar-refractivity contribution in [2.75, 3.05) is 5.32 Å². The smallest absolute Gasteiger partial charge is 0.306 e. The Hall–Kier alpha value is -2.62. The Morgan fingerprint density at radius 2 is 1.90 bits per heavy atom. The number of fused-ring (bicyclic) bond motifs is 1. The predicted octanol–water partition coefficient (Wildman–Crippen LogP) is 3.73. The van der Waals surface area contributed by atoms with Gasteiger partial charge in [-0.25, -0.2) is 4.79 Å². The van der Waals surface area contributed by atoms with Crippen LogP contribution in [-0.4, -0.2) is 15.8 Å². The highest BCUT2D eigenvalue weighted by molar-refractivity contribution is 5.97. The molecule has 0 aliphatic rings. The summed E-state index contributed by atoms with van der Waals surface area (Å²) >= 11 is 0. The summed E-state index contributed by atoms with van der Waals surface area (Å²) in [5.74, 6) is 0. The first-order chi connectivity index (χ1) is 9.65. The Labute approximate surface area is 117 Å². The van der Waals surface area contributed by atoms with E-state index in [1.54, 1.807) is 6.20 Å². The number of nitrogens with one attached hydrogen (secondary N) is 1. The molecule has 0 spiro atoms. The number of aryl methyl sites for hydroxylation is 2. The number of hydrogen-bond donors (Lipinski definition) is 1. The first kappa shape index (κ1) is 12.4. The summed E-state index contributed by atoms with van der Waals surface area (Å²) in [6.07, 6.45) is 1.69. The van der Waals surface area contributed by atoms with Gasteiger partial charge >= 0.3 is 6.03 Å². The number of nitrogens with zero attached hydrogens (tertiary/aromatic N) is 2. The average Bonchev–Trinajstić information content (AvgIpc) is 2.87. The van der Waals surface area contributed by atoms with Crippen molar-refractivity contribution in [1.29, 1.82) is 0 Å². The van der Waals surface area contributed by atoms with Crippen LogP contribution in [-0.2, 0) is 0 Å².